The molecule has 1 rings (SSSR count). The molecule has 0 aromatic carbocycles. The van der Waals surface area contributed by atoms with Gasteiger partial charge in [0.2, 0.25) is 11.8 Å². The Morgan fingerprint density at radius 2 is 2.05 bits per heavy atom. The van der Waals surface area contributed by atoms with E-state index in [1.54, 1.807) is 14.0 Å². The first-order valence-electron chi connectivity index (χ1n) is 6.96. The number of hydrogen-bond acceptors (Lipinski definition) is 3. The van der Waals surface area contributed by atoms with Crippen LogP contribution in [0.5, 0.6) is 0 Å². The number of ether oxygens (including phenoxy) is 1. The van der Waals surface area contributed by atoms with Crippen molar-refractivity contribution >= 4 is 11.8 Å². The Morgan fingerprint density at radius 3 is 2.53 bits per heavy atom. The number of carbonyl (C=O) groups excluding carboxylic acids is 2. The van der Waals surface area contributed by atoms with Gasteiger partial charge in [0.05, 0.1) is 12.6 Å². The van der Waals surface area contributed by atoms with Gasteiger partial charge in [-0.25, -0.2) is 0 Å². The molecule has 19 heavy (non-hydrogen) atoms. The quantitative estimate of drug-likeness (QED) is 0.816. The molecule has 1 heterocycles. The van der Waals surface area contributed by atoms with Crippen molar-refractivity contribution in [2.24, 2.45) is 5.92 Å². The van der Waals surface area contributed by atoms with E-state index in [1.807, 2.05) is 11.8 Å². The molecule has 2 unspecified atom stereocenters. The number of amides is 2. The highest BCUT2D eigenvalue weighted by molar-refractivity contribution is 5.93. The van der Waals surface area contributed by atoms with Gasteiger partial charge >= 0.3 is 0 Å². The number of nitrogens with zero attached hydrogens (tertiary/aromatic N) is 1. The molecule has 5 nitrogen and oxygen atoms in total. The van der Waals surface area contributed by atoms with Crippen LogP contribution < -0.4 is 5.32 Å². The van der Waals surface area contributed by atoms with Crippen LogP contribution in [0.25, 0.3) is 0 Å². The van der Waals surface area contributed by atoms with E-state index in [0.717, 1.165) is 0 Å². The Bertz CT molecular complexity index is 344. The lowest BCUT2D eigenvalue weighted by Gasteiger charge is -2.37. The van der Waals surface area contributed by atoms with Crippen molar-refractivity contribution in [2.75, 3.05) is 20.3 Å². The molecule has 0 spiro atoms. The molecule has 0 saturated carbocycles. The Balaban J connectivity index is 3.03. The van der Waals surface area contributed by atoms with Crippen LogP contribution in [0, 0.1) is 5.92 Å². The van der Waals surface area contributed by atoms with Gasteiger partial charge in [0.25, 0.3) is 0 Å². The van der Waals surface area contributed by atoms with E-state index < -0.39 is 5.54 Å². The van der Waals surface area contributed by atoms with Gasteiger partial charge in [-0.2, -0.15) is 0 Å². The number of nitrogens with one attached hydrogen (secondary N) is 1. The fourth-order valence-corrected chi connectivity index (χ4v) is 2.43. The topological polar surface area (TPSA) is 58.6 Å². The number of carbonyl (C=O) groups is 2. The summed E-state index contributed by atoms with van der Waals surface area (Å²) < 4.78 is 5.24. The number of rotatable bonds is 5. The highest BCUT2D eigenvalue weighted by atomic mass is 16.5. The molecular weight excluding hydrogens is 244 g/mol. The summed E-state index contributed by atoms with van der Waals surface area (Å²) in [7, 11) is 1.64. The third kappa shape index (κ3) is 3.47. The first-order chi connectivity index (χ1) is 8.85. The van der Waals surface area contributed by atoms with Crippen molar-refractivity contribution in [3.8, 4) is 0 Å². The summed E-state index contributed by atoms with van der Waals surface area (Å²) >= 11 is 0. The maximum Gasteiger partial charge on any atom is 0.248 e. The number of hydrogen-bond donors (Lipinski definition) is 1. The van der Waals surface area contributed by atoms with Crippen LogP contribution in [-0.2, 0) is 14.3 Å². The van der Waals surface area contributed by atoms with Crippen molar-refractivity contribution in [3.05, 3.63) is 0 Å². The highest BCUT2D eigenvalue weighted by Gasteiger charge is 2.41. The van der Waals surface area contributed by atoms with Gasteiger partial charge < -0.3 is 15.0 Å². The van der Waals surface area contributed by atoms with E-state index in [9.17, 15) is 9.59 Å². The lowest BCUT2D eigenvalue weighted by Crippen LogP contribution is -2.58. The molecule has 1 aliphatic rings. The second-order valence-corrected chi connectivity index (χ2v) is 5.75. The molecule has 0 aromatic rings. The minimum Gasteiger partial charge on any atom is -0.383 e. The van der Waals surface area contributed by atoms with Gasteiger partial charge in [0, 0.05) is 20.1 Å². The van der Waals surface area contributed by atoms with Gasteiger partial charge in [-0.3, -0.25) is 9.59 Å². The zero-order chi connectivity index (χ0) is 14.6. The van der Waals surface area contributed by atoms with Gasteiger partial charge in [-0.1, -0.05) is 20.8 Å². The summed E-state index contributed by atoms with van der Waals surface area (Å²) in [5, 5.41) is 2.85. The van der Waals surface area contributed by atoms with Crippen LogP contribution in [0.4, 0.5) is 0 Å². The Hall–Kier alpha value is -1.10. The van der Waals surface area contributed by atoms with Crippen LogP contribution in [0.1, 0.15) is 40.5 Å². The first kappa shape index (κ1) is 16.0. The predicted octanol–water partition coefficient (Wildman–Crippen LogP) is 1.17. The summed E-state index contributed by atoms with van der Waals surface area (Å²) in [5.74, 6) is 0.231. The van der Waals surface area contributed by atoms with Crippen molar-refractivity contribution in [2.45, 2.75) is 52.1 Å². The largest absolute Gasteiger partial charge is 0.383 e. The first-order valence-corrected chi connectivity index (χ1v) is 6.96. The molecule has 0 radical (unpaired) electrons. The van der Waals surface area contributed by atoms with Crippen LogP contribution in [0.2, 0.25) is 0 Å². The second-order valence-electron chi connectivity index (χ2n) is 5.75. The van der Waals surface area contributed by atoms with E-state index in [-0.39, 0.29) is 17.9 Å². The molecule has 1 fully saturated rings. The molecule has 0 bridgehead atoms. The molecule has 0 aliphatic carbocycles. The van der Waals surface area contributed by atoms with E-state index in [4.69, 9.17) is 4.74 Å². The fraction of sp³-hybridized carbons (Fsp3) is 0.857. The van der Waals surface area contributed by atoms with Crippen molar-refractivity contribution in [1.82, 2.24) is 10.2 Å². The minimum absolute atomic E-state index is 0.00315. The summed E-state index contributed by atoms with van der Waals surface area (Å²) in [5.41, 5.74) is -0.797. The molecule has 1 aliphatic heterocycles. The zero-order valence-corrected chi connectivity index (χ0v) is 12.7. The maximum atomic E-state index is 12.7. The average Bonchev–Trinajstić information content (AvgIpc) is 2.46. The molecule has 0 aromatic heterocycles. The molecule has 1 N–H and O–H groups in total. The summed E-state index contributed by atoms with van der Waals surface area (Å²) in [6.45, 7) is 8.82. The smallest absolute Gasteiger partial charge is 0.248 e. The lowest BCUT2D eigenvalue weighted by molar-refractivity contribution is -0.142. The number of methoxy groups -OCH3 is 1. The van der Waals surface area contributed by atoms with Gasteiger partial charge in [0.15, 0.2) is 0 Å². The van der Waals surface area contributed by atoms with E-state index in [0.29, 0.717) is 31.9 Å². The third-order valence-corrected chi connectivity index (χ3v) is 3.94. The van der Waals surface area contributed by atoms with Crippen molar-refractivity contribution in [3.63, 3.8) is 0 Å². The van der Waals surface area contributed by atoms with Crippen molar-refractivity contribution in [1.29, 1.82) is 0 Å². The van der Waals surface area contributed by atoms with Crippen LogP contribution in [-0.4, -0.2) is 48.6 Å². The highest BCUT2D eigenvalue weighted by Crippen LogP contribution is 2.22. The zero-order valence-electron chi connectivity index (χ0n) is 12.7. The summed E-state index contributed by atoms with van der Waals surface area (Å²) in [6.07, 6.45) is 0.945. The minimum atomic E-state index is -0.797. The second kappa shape index (κ2) is 6.37. The lowest BCUT2D eigenvalue weighted by atomic mass is 9.94. The summed E-state index contributed by atoms with van der Waals surface area (Å²) in [4.78, 5) is 26.3. The standard InChI is InChI=1S/C14H26N2O3/c1-6-14(4)13(18)16(8-7-12(17)15-14)11(9-19-5)10(2)3/h10-11H,6-9H2,1-5H3,(H,15,17). The van der Waals surface area contributed by atoms with Crippen LogP contribution in [0.3, 0.4) is 0 Å². The molecule has 2 atom stereocenters. The Kier molecular flexibility index (Phi) is 5.35. The third-order valence-electron chi connectivity index (χ3n) is 3.94. The molecular formula is C14H26N2O3. The molecule has 110 valence electrons. The fourth-order valence-electron chi connectivity index (χ4n) is 2.43. The predicted molar refractivity (Wildman–Crippen MR) is 73.7 cm³/mol. The molecule has 1 saturated heterocycles. The van der Waals surface area contributed by atoms with Gasteiger partial charge in [-0.05, 0) is 19.3 Å². The normalized spacial score (nSPS) is 26.3. The van der Waals surface area contributed by atoms with E-state index in [2.05, 4.69) is 19.2 Å². The van der Waals surface area contributed by atoms with E-state index in [1.165, 1.54) is 0 Å². The van der Waals surface area contributed by atoms with Crippen LogP contribution >= 0.6 is 0 Å². The average molecular weight is 270 g/mol. The summed E-state index contributed by atoms with van der Waals surface area (Å²) in [6, 6.07) is 0.0103. The molecule has 5 heteroatoms. The maximum absolute atomic E-state index is 12.7. The van der Waals surface area contributed by atoms with Crippen LogP contribution in [0.15, 0.2) is 0 Å². The monoisotopic (exact) mass is 270 g/mol. The SMILES string of the molecule is CCC1(C)NC(=O)CCN(C(COC)C(C)C)C1=O. The van der Waals surface area contributed by atoms with Gasteiger partial charge in [-0.15, -0.1) is 0 Å². The Labute approximate surface area is 115 Å². The van der Waals surface area contributed by atoms with Crippen molar-refractivity contribution < 1.29 is 14.3 Å². The van der Waals surface area contributed by atoms with Gasteiger partial charge in [0.1, 0.15) is 5.54 Å². The van der Waals surface area contributed by atoms with E-state index >= 15 is 0 Å². The molecule has 2 amide bonds. The Morgan fingerprint density at radius 1 is 1.42 bits per heavy atom.